The monoisotopic (exact) mass is 366 g/mol. The summed E-state index contributed by atoms with van der Waals surface area (Å²) >= 11 is 1.70. The van der Waals surface area contributed by atoms with Crippen molar-refractivity contribution in [3.63, 3.8) is 0 Å². The summed E-state index contributed by atoms with van der Waals surface area (Å²) in [6.45, 7) is 0.0545. The number of Topliss-reactive ketones (excluding diaryl/α,β-unsaturated/α-hetero) is 1. The van der Waals surface area contributed by atoms with Crippen LogP contribution in [-0.2, 0) is 11.3 Å². The molecule has 3 heterocycles. The molecule has 7 heteroatoms. The molecule has 26 heavy (non-hydrogen) atoms. The molecule has 0 bridgehead atoms. The lowest BCUT2D eigenvalue weighted by Gasteiger charge is -2.12. The third kappa shape index (κ3) is 3.11. The maximum absolute atomic E-state index is 13.1. The Hall–Kier alpha value is -2.64. The molecular weight excluding hydrogens is 348 g/mol. The van der Waals surface area contributed by atoms with Crippen molar-refractivity contribution in [1.29, 1.82) is 0 Å². The molecule has 3 N–H and O–H groups in total. The van der Waals surface area contributed by atoms with Crippen molar-refractivity contribution in [1.82, 2.24) is 14.9 Å². The van der Waals surface area contributed by atoms with E-state index in [0.29, 0.717) is 11.3 Å². The normalized spacial score (nSPS) is 19.7. The van der Waals surface area contributed by atoms with Crippen molar-refractivity contribution in [3.05, 3.63) is 66.1 Å². The summed E-state index contributed by atoms with van der Waals surface area (Å²) in [6, 6.07) is 11.2. The maximum Gasteiger partial charge on any atom is 0.237 e. The fourth-order valence-corrected chi connectivity index (χ4v) is 4.50. The van der Waals surface area contributed by atoms with Gasteiger partial charge in [-0.3, -0.25) is 19.9 Å². The molecule has 1 saturated heterocycles. The summed E-state index contributed by atoms with van der Waals surface area (Å²) in [5, 5.41) is 4.29. The first-order valence-electron chi connectivity index (χ1n) is 8.31. The number of hydrogen-bond acceptors (Lipinski definition) is 5. The lowest BCUT2D eigenvalue weighted by atomic mass is 10.0. The maximum atomic E-state index is 13.1. The lowest BCUT2D eigenvalue weighted by molar-refractivity contribution is -0.118. The molecule has 1 aliphatic heterocycles. The van der Waals surface area contributed by atoms with Gasteiger partial charge in [0.25, 0.3) is 0 Å². The Morgan fingerprint density at radius 2 is 2.12 bits per heavy atom. The molecule has 0 spiro atoms. The van der Waals surface area contributed by atoms with Crippen LogP contribution in [0.1, 0.15) is 21.3 Å². The summed E-state index contributed by atoms with van der Waals surface area (Å²) in [5.41, 5.74) is 7.85. The quantitative estimate of drug-likeness (QED) is 0.675. The number of carbonyl (C=O) groups is 2. The zero-order valence-electron chi connectivity index (χ0n) is 14.0. The molecule has 132 valence electrons. The number of thioether (sulfide) groups is 1. The number of para-hydroxylation sites is 1. The van der Waals surface area contributed by atoms with Gasteiger partial charge in [0.05, 0.1) is 11.4 Å². The number of hydrogen-bond donors (Lipinski definition) is 2. The Labute approximate surface area is 154 Å². The van der Waals surface area contributed by atoms with Gasteiger partial charge in [0.1, 0.15) is 6.54 Å². The minimum Gasteiger partial charge on any atom is -0.368 e. The van der Waals surface area contributed by atoms with Crippen molar-refractivity contribution in [2.45, 2.75) is 18.0 Å². The van der Waals surface area contributed by atoms with E-state index in [1.807, 2.05) is 42.6 Å². The molecule has 6 nitrogen and oxygen atoms in total. The van der Waals surface area contributed by atoms with Gasteiger partial charge >= 0.3 is 0 Å². The number of aromatic nitrogens is 2. The van der Waals surface area contributed by atoms with Crippen LogP contribution in [0.4, 0.5) is 0 Å². The van der Waals surface area contributed by atoms with Gasteiger partial charge in [0, 0.05) is 40.8 Å². The SMILES string of the molecule is NC(=O)Cn1cc(C(=O)C2CSC(c3cccnc3)N2)c2ccccc21. The summed E-state index contributed by atoms with van der Waals surface area (Å²) in [7, 11) is 0. The van der Waals surface area contributed by atoms with Gasteiger partial charge in [-0.25, -0.2) is 0 Å². The van der Waals surface area contributed by atoms with Gasteiger partial charge in [-0.2, -0.15) is 0 Å². The molecule has 1 aromatic carbocycles. The summed E-state index contributed by atoms with van der Waals surface area (Å²) in [5.74, 6) is 0.285. The van der Waals surface area contributed by atoms with Crippen LogP contribution in [-0.4, -0.2) is 33.0 Å². The highest BCUT2D eigenvalue weighted by Gasteiger charge is 2.32. The predicted molar refractivity (Wildman–Crippen MR) is 102 cm³/mol. The number of primary amides is 1. The standard InChI is InChI=1S/C19H18N4O2S/c20-17(24)10-23-9-14(13-5-1-2-6-16(13)23)18(25)15-11-26-19(22-15)12-4-3-7-21-8-12/h1-9,15,19,22H,10-11H2,(H2,20,24). The van der Waals surface area contributed by atoms with Crippen LogP contribution in [0.25, 0.3) is 10.9 Å². The highest BCUT2D eigenvalue weighted by atomic mass is 32.2. The highest BCUT2D eigenvalue weighted by Crippen LogP contribution is 2.34. The number of carbonyl (C=O) groups excluding carboxylic acids is 2. The Morgan fingerprint density at radius 3 is 2.88 bits per heavy atom. The molecular formula is C19H18N4O2S. The van der Waals surface area contributed by atoms with Gasteiger partial charge in [0.2, 0.25) is 5.91 Å². The average Bonchev–Trinajstić information content (AvgIpc) is 3.28. The molecule has 1 aliphatic rings. The number of benzene rings is 1. The molecule has 0 radical (unpaired) electrons. The number of nitrogens with one attached hydrogen (secondary N) is 1. The predicted octanol–water partition coefficient (Wildman–Crippen LogP) is 2.11. The highest BCUT2D eigenvalue weighted by molar-refractivity contribution is 7.99. The van der Waals surface area contributed by atoms with Crippen molar-refractivity contribution in [3.8, 4) is 0 Å². The second-order valence-electron chi connectivity index (χ2n) is 6.24. The third-order valence-corrected chi connectivity index (χ3v) is 5.73. The third-order valence-electron chi connectivity index (χ3n) is 4.47. The molecule has 2 aromatic heterocycles. The van der Waals surface area contributed by atoms with Gasteiger partial charge in [0.15, 0.2) is 5.78 Å². The number of pyridine rings is 1. The smallest absolute Gasteiger partial charge is 0.237 e. The molecule has 2 atom stereocenters. The fourth-order valence-electron chi connectivity index (χ4n) is 3.28. The average molecular weight is 366 g/mol. The Morgan fingerprint density at radius 1 is 1.27 bits per heavy atom. The molecule has 1 amide bonds. The van der Waals surface area contributed by atoms with Crippen molar-refractivity contribution >= 4 is 34.4 Å². The van der Waals surface area contributed by atoms with E-state index in [9.17, 15) is 9.59 Å². The van der Waals surface area contributed by atoms with Crippen LogP contribution in [0.2, 0.25) is 0 Å². The van der Waals surface area contributed by atoms with Crippen LogP contribution in [0.5, 0.6) is 0 Å². The molecule has 1 fully saturated rings. The van der Waals surface area contributed by atoms with E-state index in [1.54, 1.807) is 28.7 Å². The van der Waals surface area contributed by atoms with E-state index in [-0.39, 0.29) is 23.7 Å². The Balaban J connectivity index is 1.62. The number of amides is 1. The van der Waals surface area contributed by atoms with E-state index in [1.165, 1.54) is 0 Å². The largest absolute Gasteiger partial charge is 0.368 e. The lowest BCUT2D eigenvalue weighted by Crippen LogP contribution is -2.34. The number of nitrogens with zero attached hydrogens (tertiary/aromatic N) is 2. The van der Waals surface area contributed by atoms with Crippen molar-refractivity contribution < 1.29 is 9.59 Å². The molecule has 0 aliphatic carbocycles. The number of rotatable bonds is 5. The molecule has 4 rings (SSSR count). The van der Waals surface area contributed by atoms with Gasteiger partial charge in [-0.1, -0.05) is 24.3 Å². The van der Waals surface area contributed by atoms with Crippen molar-refractivity contribution in [2.75, 3.05) is 5.75 Å². The molecule has 2 unspecified atom stereocenters. The van der Waals surface area contributed by atoms with E-state index in [0.717, 1.165) is 16.5 Å². The zero-order chi connectivity index (χ0) is 18.1. The van der Waals surface area contributed by atoms with Gasteiger partial charge in [-0.05, 0) is 17.7 Å². The Kier molecular flexibility index (Phi) is 4.48. The first-order valence-corrected chi connectivity index (χ1v) is 9.36. The minimum absolute atomic E-state index is 0.0308. The first-order chi connectivity index (χ1) is 12.6. The summed E-state index contributed by atoms with van der Waals surface area (Å²) in [4.78, 5) is 28.6. The van der Waals surface area contributed by atoms with E-state index in [2.05, 4.69) is 10.3 Å². The van der Waals surface area contributed by atoms with E-state index in [4.69, 9.17) is 5.73 Å². The Bertz CT molecular complexity index is 970. The topological polar surface area (TPSA) is 90.0 Å². The molecule has 3 aromatic rings. The first kappa shape index (κ1) is 16.8. The van der Waals surface area contributed by atoms with Crippen LogP contribution in [0.15, 0.2) is 55.0 Å². The number of fused-ring (bicyclic) bond motifs is 1. The minimum atomic E-state index is -0.434. The molecule has 0 saturated carbocycles. The van der Waals surface area contributed by atoms with Crippen LogP contribution >= 0.6 is 11.8 Å². The van der Waals surface area contributed by atoms with E-state index >= 15 is 0 Å². The summed E-state index contributed by atoms with van der Waals surface area (Å²) in [6.07, 6.45) is 5.29. The summed E-state index contributed by atoms with van der Waals surface area (Å²) < 4.78 is 1.74. The van der Waals surface area contributed by atoms with Crippen LogP contribution in [0, 0.1) is 0 Å². The second kappa shape index (κ2) is 6.93. The fraction of sp³-hybridized carbons (Fsp3) is 0.211. The van der Waals surface area contributed by atoms with E-state index < -0.39 is 5.91 Å². The van der Waals surface area contributed by atoms with Crippen LogP contribution < -0.4 is 11.1 Å². The van der Waals surface area contributed by atoms with Gasteiger partial charge < -0.3 is 10.3 Å². The van der Waals surface area contributed by atoms with Gasteiger partial charge in [-0.15, -0.1) is 11.8 Å². The number of ketones is 1. The van der Waals surface area contributed by atoms with Crippen molar-refractivity contribution in [2.24, 2.45) is 5.73 Å². The second-order valence-corrected chi connectivity index (χ2v) is 7.38. The zero-order valence-corrected chi connectivity index (χ0v) is 14.8. The van der Waals surface area contributed by atoms with Crippen LogP contribution in [0.3, 0.4) is 0 Å². The number of nitrogens with two attached hydrogens (primary N) is 1.